The summed E-state index contributed by atoms with van der Waals surface area (Å²) in [5, 5.41) is 10.2. The van der Waals surface area contributed by atoms with Gasteiger partial charge in [-0.3, -0.25) is 0 Å². The van der Waals surface area contributed by atoms with Crippen molar-refractivity contribution < 1.29 is 19.4 Å². The van der Waals surface area contributed by atoms with Crippen LogP contribution in [-0.2, 0) is 21.6 Å². The smallest absolute Gasteiger partial charge is 0.339 e. The Morgan fingerprint density at radius 1 is 1.12 bits per heavy atom. The summed E-state index contributed by atoms with van der Waals surface area (Å²) in [6.07, 6.45) is -1.33. The zero-order chi connectivity index (χ0) is 19.5. The summed E-state index contributed by atoms with van der Waals surface area (Å²) in [5.41, 5.74) is 4.90. The zero-order valence-electron chi connectivity index (χ0n) is 16.4. The van der Waals surface area contributed by atoms with Crippen molar-refractivity contribution in [1.82, 2.24) is 0 Å². The first kappa shape index (κ1) is 20.0. The number of carbonyl (C=O) groups is 1. The maximum Gasteiger partial charge on any atom is 0.339 e. The lowest BCUT2D eigenvalue weighted by Crippen LogP contribution is -2.17. The molecular formula is C22H28O4. The highest BCUT2D eigenvalue weighted by Gasteiger charge is 2.21. The van der Waals surface area contributed by atoms with Crippen LogP contribution in [0.1, 0.15) is 54.7 Å². The number of esters is 1. The fourth-order valence-electron chi connectivity index (χ4n) is 2.82. The number of carbonyl (C=O) groups excluding carboxylic acids is 1. The molecule has 0 radical (unpaired) electrons. The Hall–Kier alpha value is -2.33. The maximum atomic E-state index is 12.3. The van der Waals surface area contributed by atoms with Crippen molar-refractivity contribution in [2.45, 2.75) is 52.7 Å². The van der Waals surface area contributed by atoms with E-state index in [4.69, 9.17) is 9.47 Å². The molecule has 0 aliphatic heterocycles. The molecule has 0 heterocycles. The van der Waals surface area contributed by atoms with Crippen molar-refractivity contribution in [2.24, 2.45) is 0 Å². The van der Waals surface area contributed by atoms with Gasteiger partial charge in [0.2, 0.25) is 0 Å². The quantitative estimate of drug-likeness (QED) is 0.808. The van der Waals surface area contributed by atoms with Crippen LogP contribution in [0.25, 0.3) is 0 Å². The van der Waals surface area contributed by atoms with Gasteiger partial charge in [-0.25, -0.2) is 4.79 Å². The van der Waals surface area contributed by atoms with E-state index in [1.807, 2.05) is 13.8 Å². The number of aliphatic hydroxyl groups excluding tert-OH is 1. The third kappa shape index (κ3) is 4.64. The van der Waals surface area contributed by atoms with Crippen LogP contribution >= 0.6 is 0 Å². The molecule has 0 amide bonds. The Labute approximate surface area is 155 Å². The largest absolute Gasteiger partial charge is 0.497 e. The molecule has 1 N–H and O–H groups in total. The number of rotatable bonds is 5. The second-order valence-electron chi connectivity index (χ2n) is 7.63. The van der Waals surface area contributed by atoms with E-state index in [1.165, 1.54) is 12.7 Å². The fourth-order valence-corrected chi connectivity index (χ4v) is 2.82. The van der Waals surface area contributed by atoms with Crippen LogP contribution in [0.15, 0.2) is 36.4 Å². The van der Waals surface area contributed by atoms with Gasteiger partial charge in [0.1, 0.15) is 12.4 Å². The molecule has 0 spiro atoms. The van der Waals surface area contributed by atoms with Gasteiger partial charge in [0.15, 0.2) is 6.10 Å². The number of hydrogen-bond acceptors (Lipinski definition) is 4. The van der Waals surface area contributed by atoms with Gasteiger partial charge in [0.25, 0.3) is 0 Å². The van der Waals surface area contributed by atoms with E-state index in [2.05, 4.69) is 32.9 Å². The van der Waals surface area contributed by atoms with E-state index in [0.29, 0.717) is 11.3 Å². The molecule has 0 aromatic heterocycles. The van der Waals surface area contributed by atoms with Gasteiger partial charge in [0.05, 0.1) is 7.11 Å². The number of hydrogen-bond donors (Lipinski definition) is 1. The average Bonchev–Trinajstić information content (AvgIpc) is 2.59. The number of aliphatic hydroxyl groups is 1. The molecule has 0 aliphatic carbocycles. The monoisotopic (exact) mass is 356 g/mol. The van der Waals surface area contributed by atoms with Crippen molar-refractivity contribution in [2.75, 3.05) is 7.11 Å². The van der Waals surface area contributed by atoms with E-state index in [9.17, 15) is 9.90 Å². The molecule has 1 atom stereocenters. The molecule has 4 heteroatoms. The van der Waals surface area contributed by atoms with Crippen LogP contribution < -0.4 is 4.74 Å². The lowest BCUT2D eigenvalue weighted by atomic mass is 9.84. The van der Waals surface area contributed by atoms with Crippen LogP contribution in [0.4, 0.5) is 0 Å². The number of aryl methyl sites for hydroxylation is 2. The first-order chi connectivity index (χ1) is 12.1. The van der Waals surface area contributed by atoms with Gasteiger partial charge in [-0.05, 0) is 59.2 Å². The zero-order valence-corrected chi connectivity index (χ0v) is 16.4. The first-order valence-electron chi connectivity index (χ1n) is 8.72. The Morgan fingerprint density at radius 3 is 2.27 bits per heavy atom. The van der Waals surface area contributed by atoms with Crippen molar-refractivity contribution in [3.63, 3.8) is 0 Å². The van der Waals surface area contributed by atoms with Crippen molar-refractivity contribution >= 4 is 5.97 Å². The molecule has 0 fully saturated rings. The van der Waals surface area contributed by atoms with Crippen LogP contribution in [-0.4, -0.2) is 18.2 Å². The molecule has 2 aromatic rings. The van der Waals surface area contributed by atoms with E-state index in [-0.39, 0.29) is 12.0 Å². The van der Waals surface area contributed by atoms with E-state index >= 15 is 0 Å². The van der Waals surface area contributed by atoms with Crippen molar-refractivity contribution in [1.29, 1.82) is 0 Å². The maximum absolute atomic E-state index is 12.3. The third-order valence-corrected chi connectivity index (χ3v) is 4.55. The molecule has 1 unspecified atom stereocenters. The van der Waals surface area contributed by atoms with E-state index < -0.39 is 12.1 Å². The average molecular weight is 356 g/mol. The summed E-state index contributed by atoms with van der Waals surface area (Å²) in [4.78, 5) is 12.3. The molecule has 4 nitrogen and oxygen atoms in total. The molecule has 2 rings (SSSR count). The number of methoxy groups -OCH3 is 1. The second kappa shape index (κ2) is 7.92. The molecule has 26 heavy (non-hydrogen) atoms. The Balaban J connectivity index is 2.11. The molecule has 140 valence electrons. The van der Waals surface area contributed by atoms with Gasteiger partial charge < -0.3 is 14.6 Å². The van der Waals surface area contributed by atoms with Gasteiger partial charge >= 0.3 is 5.97 Å². The molecule has 0 aliphatic rings. The molecule has 0 saturated carbocycles. The normalized spacial score (nSPS) is 12.6. The summed E-state index contributed by atoms with van der Waals surface area (Å²) < 4.78 is 10.5. The fraction of sp³-hybridized carbons (Fsp3) is 0.409. The molecular weight excluding hydrogens is 328 g/mol. The van der Waals surface area contributed by atoms with E-state index in [1.54, 1.807) is 24.3 Å². The highest BCUT2D eigenvalue weighted by Crippen LogP contribution is 2.28. The predicted molar refractivity (Wildman–Crippen MR) is 102 cm³/mol. The van der Waals surface area contributed by atoms with Crippen molar-refractivity contribution in [3.05, 3.63) is 64.2 Å². The first-order valence-corrected chi connectivity index (χ1v) is 8.72. The SMILES string of the molecule is COc1cccc(C(O)C(=O)OCc2c(C)cc(C(C)(C)C)cc2C)c1. The Bertz CT molecular complexity index is 764. The van der Waals surface area contributed by atoms with Crippen LogP contribution in [0.5, 0.6) is 5.75 Å². The van der Waals surface area contributed by atoms with Gasteiger partial charge in [-0.1, -0.05) is 45.0 Å². The number of benzene rings is 2. The Morgan fingerprint density at radius 2 is 1.73 bits per heavy atom. The Kier molecular flexibility index (Phi) is 6.09. The lowest BCUT2D eigenvalue weighted by molar-refractivity contribution is -0.155. The van der Waals surface area contributed by atoms with Crippen LogP contribution in [0, 0.1) is 13.8 Å². The summed E-state index contributed by atoms with van der Waals surface area (Å²) >= 11 is 0. The predicted octanol–water partition coefficient (Wildman–Crippen LogP) is 4.39. The second-order valence-corrected chi connectivity index (χ2v) is 7.63. The van der Waals surface area contributed by atoms with Crippen molar-refractivity contribution in [3.8, 4) is 5.75 Å². The summed E-state index contributed by atoms with van der Waals surface area (Å²) in [6, 6.07) is 11.0. The topological polar surface area (TPSA) is 55.8 Å². The highest BCUT2D eigenvalue weighted by atomic mass is 16.5. The highest BCUT2D eigenvalue weighted by molar-refractivity contribution is 5.76. The summed E-state index contributed by atoms with van der Waals surface area (Å²) in [6.45, 7) is 10.7. The molecule has 2 aromatic carbocycles. The minimum absolute atomic E-state index is 0.0628. The van der Waals surface area contributed by atoms with Gasteiger partial charge in [-0.2, -0.15) is 0 Å². The molecule has 0 saturated heterocycles. The standard InChI is InChI=1S/C22H28O4/c1-14-10-17(22(3,4)5)11-15(2)19(14)13-26-21(24)20(23)16-8-7-9-18(12-16)25-6/h7-12,20,23H,13H2,1-6H3. The van der Waals surface area contributed by atoms with Gasteiger partial charge in [-0.15, -0.1) is 0 Å². The minimum Gasteiger partial charge on any atom is -0.497 e. The minimum atomic E-state index is -1.33. The lowest BCUT2D eigenvalue weighted by Gasteiger charge is -2.22. The third-order valence-electron chi connectivity index (χ3n) is 4.55. The molecule has 0 bridgehead atoms. The van der Waals surface area contributed by atoms with Crippen LogP contribution in [0.2, 0.25) is 0 Å². The summed E-state index contributed by atoms with van der Waals surface area (Å²) in [5.74, 6) is -0.0873. The number of ether oxygens (including phenoxy) is 2. The van der Waals surface area contributed by atoms with Gasteiger partial charge in [0, 0.05) is 0 Å². The summed E-state index contributed by atoms with van der Waals surface area (Å²) in [7, 11) is 1.54. The van der Waals surface area contributed by atoms with Crippen LogP contribution in [0.3, 0.4) is 0 Å². The van der Waals surface area contributed by atoms with E-state index in [0.717, 1.165) is 16.7 Å².